The highest BCUT2D eigenvalue weighted by atomic mass is 35.5. The van der Waals surface area contributed by atoms with Crippen LogP contribution in [0.15, 0.2) is 41.1 Å². The van der Waals surface area contributed by atoms with Gasteiger partial charge >= 0.3 is 0 Å². The first kappa shape index (κ1) is 12.1. The van der Waals surface area contributed by atoms with E-state index in [1.165, 1.54) is 24.6 Å². The third-order valence-corrected chi connectivity index (χ3v) is 2.45. The van der Waals surface area contributed by atoms with E-state index in [9.17, 15) is 4.79 Å². The van der Waals surface area contributed by atoms with Crippen molar-refractivity contribution >= 4 is 17.5 Å². The molecule has 1 unspecified atom stereocenters. The van der Waals surface area contributed by atoms with Gasteiger partial charge in [-0.25, -0.2) is 4.98 Å². The van der Waals surface area contributed by atoms with Gasteiger partial charge in [0.15, 0.2) is 6.04 Å². The quantitative estimate of drug-likeness (QED) is 0.860. The molecule has 90 valence electrons. The summed E-state index contributed by atoms with van der Waals surface area (Å²) < 4.78 is 5.07. The second-order valence-corrected chi connectivity index (χ2v) is 3.81. The summed E-state index contributed by atoms with van der Waals surface area (Å²) in [7, 11) is 0. The predicted molar refractivity (Wildman–Crippen MR) is 63.8 cm³/mol. The van der Waals surface area contributed by atoms with Crippen LogP contribution in [0, 0.1) is 11.3 Å². The van der Waals surface area contributed by atoms with Gasteiger partial charge in [0.2, 0.25) is 0 Å². The number of pyridine rings is 1. The number of carbonyl (C=O) groups excluding carboxylic acids is 1. The maximum Gasteiger partial charge on any atom is 0.254 e. The van der Waals surface area contributed by atoms with E-state index in [0.717, 1.165) is 0 Å². The fraction of sp³-hybridized carbons (Fsp3) is 0.0833. The van der Waals surface area contributed by atoms with E-state index in [1.807, 2.05) is 6.07 Å². The van der Waals surface area contributed by atoms with Gasteiger partial charge in [0.1, 0.15) is 10.9 Å². The van der Waals surface area contributed by atoms with Crippen molar-refractivity contribution < 1.29 is 9.21 Å². The third-order valence-electron chi connectivity index (χ3n) is 2.22. The van der Waals surface area contributed by atoms with Gasteiger partial charge in [0.25, 0.3) is 5.91 Å². The van der Waals surface area contributed by atoms with Crippen LogP contribution in [0.5, 0.6) is 0 Å². The maximum absolute atomic E-state index is 11.8. The summed E-state index contributed by atoms with van der Waals surface area (Å²) in [5.41, 5.74) is 0.325. The lowest BCUT2D eigenvalue weighted by Gasteiger charge is -2.08. The summed E-state index contributed by atoms with van der Waals surface area (Å²) in [6, 6.07) is 7.42. The summed E-state index contributed by atoms with van der Waals surface area (Å²) in [6.07, 6.45) is 2.78. The van der Waals surface area contributed by atoms with E-state index in [1.54, 1.807) is 12.1 Å². The predicted octanol–water partition coefficient (Wildman–Crippen LogP) is 2.32. The van der Waals surface area contributed by atoms with Crippen LogP contribution in [-0.2, 0) is 0 Å². The summed E-state index contributed by atoms with van der Waals surface area (Å²) in [6.45, 7) is 0. The van der Waals surface area contributed by atoms with Crippen molar-refractivity contribution in [3.63, 3.8) is 0 Å². The molecule has 0 saturated carbocycles. The summed E-state index contributed by atoms with van der Waals surface area (Å²) >= 11 is 5.62. The van der Waals surface area contributed by atoms with Gasteiger partial charge in [-0.05, 0) is 24.3 Å². The number of amides is 1. The summed E-state index contributed by atoms with van der Waals surface area (Å²) in [5.74, 6) is -0.0325. The zero-order chi connectivity index (χ0) is 13.0. The second kappa shape index (κ2) is 5.34. The molecule has 6 heteroatoms. The number of aromatic nitrogens is 1. The first-order valence-corrected chi connectivity index (χ1v) is 5.44. The zero-order valence-corrected chi connectivity index (χ0v) is 9.89. The number of nitriles is 1. The lowest BCUT2D eigenvalue weighted by atomic mass is 10.2. The van der Waals surface area contributed by atoms with Crippen molar-refractivity contribution in [2.45, 2.75) is 6.04 Å². The molecule has 2 aromatic rings. The van der Waals surface area contributed by atoms with Crippen molar-refractivity contribution in [2.24, 2.45) is 0 Å². The van der Waals surface area contributed by atoms with Crippen LogP contribution in [0.1, 0.15) is 22.2 Å². The molecule has 0 fully saturated rings. The van der Waals surface area contributed by atoms with E-state index >= 15 is 0 Å². The second-order valence-electron chi connectivity index (χ2n) is 3.42. The number of carbonyl (C=O) groups is 1. The number of hydrogen-bond acceptors (Lipinski definition) is 4. The first-order chi connectivity index (χ1) is 8.70. The Kier molecular flexibility index (Phi) is 3.60. The smallest absolute Gasteiger partial charge is 0.254 e. The molecule has 0 aliphatic rings. The standard InChI is InChI=1S/C12H8ClN3O2/c13-11-4-3-8(7-15-11)12(17)16-9(6-14)10-2-1-5-18-10/h1-5,7,9H,(H,16,17). The molecule has 0 bridgehead atoms. The van der Waals surface area contributed by atoms with Crippen molar-refractivity contribution in [1.29, 1.82) is 5.26 Å². The number of furan rings is 1. The fourth-order valence-electron chi connectivity index (χ4n) is 1.35. The van der Waals surface area contributed by atoms with Crippen LogP contribution in [0.25, 0.3) is 0 Å². The monoisotopic (exact) mass is 261 g/mol. The molecule has 0 spiro atoms. The Morgan fingerprint density at radius 3 is 2.89 bits per heavy atom. The average molecular weight is 262 g/mol. The average Bonchev–Trinajstić information content (AvgIpc) is 2.90. The SMILES string of the molecule is N#CC(NC(=O)c1ccc(Cl)nc1)c1ccco1. The molecule has 1 N–H and O–H groups in total. The van der Waals surface area contributed by atoms with Crippen LogP contribution < -0.4 is 5.32 Å². The van der Waals surface area contributed by atoms with Crippen molar-refractivity contribution in [3.8, 4) is 6.07 Å². The van der Waals surface area contributed by atoms with Crippen molar-refractivity contribution in [3.05, 3.63) is 53.2 Å². The van der Waals surface area contributed by atoms with Crippen molar-refractivity contribution in [1.82, 2.24) is 10.3 Å². The molecule has 2 rings (SSSR count). The number of rotatable bonds is 3. The molecule has 2 aromatic heterocycles. The summed E-state index contributed by atoms with van der Waals surface area (Å²) in [5, 5.41) is 11.8. The third kappa shape index (κ3) is 2.67. The topological polar surface area (TPSA) is 78.9 Å². The first-order valence-electron chi connectivity index (χ1n) is 5.06. The number of nitrogens with zero attached hydrogens (tertiary/aromatic N) is 2. The minimum atomic E-state index is -0.830. The van der Waals surface area contributed by atoms with Crippen LogP contribution in [-0.4, -0.2) is 10.9 Å². The van der Waals surface area contributed by atoms with E-state index in [4.69, 9.17) is 21.3 Å². The van der Waals surface area contributed by atoms with E-state index < -0.39 is 11.9 Å². The minimum absolute atomic E-state index is 0.300. The number of halogens is 1. The molecule has 0 saturated heterocycles. The van der Waals surface area contributed by atoms with Crippen LogP contribution in [0.3, 0.4) is 0 Å². The van der Waals surface area contributed by atoms with Gasteiger partial charge in [-0.1, -0.05) is 11.6 Å². The number of nitrogens with one attached hydrogen (secondary N) is 1. The Morgan fingerprint density at radius 2 is 2.33 bits per heavy atom. The van der Waals surface area contributed by atoms with Crippen LogP contribution >= 0.6 is 11.6 Å². The molecular formula is C12H8ClN3O2. The highest BCUT2D eigenvalue weighted by Crippen LogP contribution is 2.13. The van der Waals surface area contributed by atoms with E-state index in [2.05, 4.69) is 10.3 Å². The Labute approximate surface area is 108 Å². The highest BCUT2D eigenvalue weighted by Gasteiger charge is 2.17. The number of hydrogen-bond donors (Lipinski definition) is 1. The molecule has 0 radical (unpaired) electrons. The molecule has 0 aromatic carbocycles. The van der Waals surface area contributed by atoms with Gasteiger partial charge in [-0.2, -0.15) is 5.26 Å². The Bertz CT molecular complexity index is 572. The van der Waals surface area contributed by atoms with Gasteiger partial charge in [-0.15, -0.1) is 0 Å². The highest BCUT2D eigenvalue weighted by molar-refractivity contribution is 6.29. The largest absolute Gasteiger partial charge is 0.466 e. The minimum Gasteiger partial charge on any atom is -0.466 e. The molecular weight excluding hydrogens is 254 g/mol. The molecule has 0 aliphatic carbocycles. The van der Waals surface area contributed by atoms with Gasteiger partial charge < -0.3 is 9.73 Å². The lowest BCUT2D eigenvalue weighted by Crippen LogP contribution is -2.27. The Morgan fingerprint density at radius 1 is 1.50 bits per heavy atom. The van der Waals surface area contributed by atoms with Gasteiger partial charge in [-0.3, -0.25) is 4.79 Å². The lowest BCUT2D eigenvalue weighted by molar-refractivity contribution is 0.0941. The van der Waals surface area contributed by atoms with Gasteiger partial charge in [0.05, 0.1) is 17.9 Å². The van der Waals surface area contributed by atoms with Gasteiger partial charge in [0, 0.05) is 6.20 Å². The molecule has 2 heterocycles. The molecule has 1 atom stereocenters. The van der Waals surface area contributed by atoms with Crippen LogP contribution in [0.4, 0.5) is 0 Å². The maximum atomic E-state index is 11.8. The molecule has 0 aliphatic heterocycles. The van der Waals surface area contributed by atoms with Crippen molar-refractivity contribution in [2.75, 3.05) is 0 Å². The molecule has 18 heavy (non-hydrogen) atoms. The van der Waals surface area contributed by atoms with E-state index in [0.29, 0.717) is 16.5 Å². The molecule has 5 nitrogen and oxygen atoms in total. The summed E-state index contributed by atoms with van der Waals surface area (Å²) in [4.78, 5) is 15.6. The Hall–Kier alpha value is -2.32. The van der Waals surface area contributed by atoms with E-state index in [-0.39, 0.29) is 0 Å². The fourth-order valence-corrected chi connectivity index (χ4v) is 1.46. The molecule has 1 amide bonds. The Balaban J connectivity index is 2.11. The zero-order valence-electron chi connectivity index (χ0n) is 9.13. The van der Waals surface area contributed by atoms with Crippen LogP contribution in [0.2, 0.25) is 5.15 Å². The normalized spacial score (nSPS) is 11.6.